The summed E-state index contributed by atoms with van der Waals surface area (Å²) in [6.07, 6.45) is 1.82. The van der Waals surface area contributed by atoms with Crippen LogP contribution in [-0.2, 0) is 23.9 Å². The molecule has 2 saturated heterocycles. The number of aromatic hydroxyl groups is 1. The van der Waals surface area contributed by atoms with Gasteiger partial charge in [0.15, 0.2) is 44.5 Å². The van der Waals surface area contributed by atoms with Crippen molar-refractivity contribution in [1.29, 1.82) is 0 Å². The van der Waals surface area contributed by atoms with Crippen molar-refractivity contribution in [2.24, 2.45) is 23.7 Å². The maximum Gasteiger partial charge on any atom is 0.423 e. The molecule has 50 heavy (non-hydrogen) atoms. The molecule has 0 radical (unpaired) electrons. The largest absolute Gasteiger partial charge is 0.502 e. The second-order valence-corrected chi connectivity index (χ2v) is 13.1. The number of halogens is 7. The number of phenolic OH excluding ortho intramolecular Hbond substituents is 1. The molecule has 0 bridgehead atoms. The number of ether oxygens (including phenoxy) is 3. The summed E-state index contributed by atoms with van der Waals surface area (Å²) in [4.78, 5) is 62.1. The zero-order chi connectivity index (χ0) is 36.8. The second-order valence-electron chi connectivity index (χ2n) is 11.9. The number of nitrogens with zero attached hydrogens (tertiary/aromatic N) is 2. The Balaban J connectivity index is 1.56. The predicted molar refractivity (Wildman–Crippen MR) is 162 cm³/mol. The number of phenols is 1. The summed E-state index contributed by atoms with van der Waals surface area (Å²) in [5.41, 5.74) is -1.52. The first kappa shape index (κ1) is 35.1. The van der Waals surface area contributed by atoms with Crippen LogP contribution in [0, 0.1) is 52.8 Å². The Morgan fingerprint density at radius 3 is 1.98 bits per heavy atom. The molecule has 6 atom stereocenters. The Kier molecular flexibility index (Phi) is 8.41. The Morgan fingerprint density at radius 2 is 1.44 bits per heavy atom. The number of anilines is 1. The van der Waals surface area contributed by atoms with Gasteiger partial charge in [-0.2, -0.15) is 4.90 Å². The highest BCUT2D eigenvalue weighted by atomic mass is 35.5. The van der Waals surface area contributed by atoms with Crippen LogP contribution in [0.4, 0.5) is 32.4 Å². The number of likely N-dealkylation sites (tertiary alicyclic amines) is 1. The summed E-state index contributed by atoms with van der Waals surface area (Å²) in [7, 11) is 3.44. The van der Waals surface area contributed by atoms with E-state index in [1.165, 1.54) is 44.6 Å². The lowest BCUT2D eigenvalue weighted by Gasteiger charge is -2.49. The number of alkyl halides is 2. The number of benzene rings is 2. The summed E-state index contributed by atoms with van der Waals surface area (Å²) in [6, 6.07) is 2.68. The average Bonchev–Trinajstić information content (AvgIpc) is 3.44. The molecule has 6 unspecified atom stereocenters. The van der Waals surface area contributed by atoms with Crippen LogP contribution in [0.2, 0.25) is 0 Å². The van der Waals surface area contributed by atoms with E-state index in [4.69, 9.17) is 32.7 Å². The first-order valence-corrected chi connectivity index (χ1v) is 15.3. The summed E-state index contributed by atoms with van der Waals surface area (Å²) in [5, 5.41) is 10.4. The number of methoxy groups -OCH3 is 3. The Morgan fingerprint density at radius 1 is 0.880 bits per heavy atom. The van der Waals surface area contributed by atoms with Crippen LogP contribution >= 0.6 is 23.2 Å². The first-order chi connectivity index (χ1) is 23.5. The number of rotatable bonds is 5. The van der Waals surface area contributed by atoms with Gasteiger partial charge < -0.3 is 19.3 Å². The van der Waals surface area contributed by atoms with E-state index in [0.717, 1.165) is 7.11 Å². The van der Waals surface area contributed by atoms with Gasteiger partial charge >= 0.3 is 6.09 Å². The minimum Gasteiger partial charge on any atom is -0.502 e. The fourth-order valence-corrected chi connectivity index (χ4v) is 8.19. The molecule has 5 amide bonds. The number of imide groups is 4. The van der Waals surface area contributed by atoms with Gasteiger partial charge in [-0.1, -0.05) is 23.8 Å². The Labute approximate surface area is 288 Å². The highest BCUT2D eigenvalue weighted by Crippen LogP contribution is 2.64. The molecule has 1 saturated carbocycles. The fraction of sp³-hybridized carbons (Fsp3) is 0.344. The van der Waals surface area contributed by atoms with Crippen molar-refractivity contribution >= 4 is 64.7 Å². The molecule has 0 aromatic heterocycles. The third-order valence-corrected chi connectivity index (χ3v) is 11.0. The molecular weight excluding hydrogens is 722 g/mol. The molecule has 18 heteroatoms. The fourth-order valence-electron chi connectivity index (χ4n) is 7.30. The zero-order valence-electron chi connectivity index (χ0n) is 25.9. The standard InChI is InChI=1S/C32H23Cl2F5N2O9/c1-48-16-8-11(9-17(49-2)25(16)42)4-7-15-12-5-6-13-18(27(44)41(26(13)43)30(47)50-3)14(12)10-31(33)28(45)40(29(46)32(15,31)34)24-22(38)20(36)19(35)21(37)23(24)39/h4-5,7-9,13-15,18,42H,6,10H2,1-3H3. The lowest BCUT2D eigenvalue weighted by Crippen LogP contribution is -2.60. The van der Waals surface area contributed by atoms with Crippen molar-refractivity contribution in [2.45, 2.75) is 22.6 Å². The van der Waals surface area contributed by atoms with E-state index < -0.39 is 104 Å². The van der Waals surface area contributed by atoms with Gasteiger partial charge in [-0.25, -0.2) is 31.6 Å². The second kappa shape index (κ2) is 12.0. The molecule has 1 N–H and O–H groups in total. The van der Waals surface area contributed by atoms with E-state index in [-0.39, 0.29) is 44.6 Å². The molecule has 2 aliphatic heterocycles. The molecule has 11 nitrogen and oxygen atoms in total. The van der Waals surface area contributed by atoms with Gasteiger partial charge in [0, 0.05) is 5.92 Å². The highest BCUT2D eigenvalue weighted by molar-refractivity contribution is 6.58. The van der Waals surface area contributed by atoms with Gasteiger partial charge in [0.25, 0.3) is 11.8 Å². The van der Waals surface area contributed by atoms with Crippen LogP contribution in [0.1, 0.15) is 18.4 Å². The maximum atomic E-state index is 15.1. The van der Waals surface area contributed by atoms with Gasteiger partial charge in [-0.3, -0.25) is 19.2 Å². The monoisotopic (exact) mass is 744 g/mol. The third-order valence-electron chi connectivity index (χ3n) is 9.62. The van der Waals surface area contributed by atoms with Crippen LogP contribution in [0.25, 0.3) is 6.08 Å². The summed E-state index contributed by atoms with van der Waals surface area (Å²) in [5.74, 6) is -23.5. The summed E-state index contributed by atoms with van der Waals surface area (Å²) in [6.45, 7) is 0. The van der Waals surface area contributed by atoms with Gasteiger partial charge in [-0.15, -0.1) is 23.2 Å². The Bertz CT molecular complexity index is 1940. The number of allylic oxidation sites excluding steroid dienone is 3. The summed E-state index contributed by atoms with van der Waals surface area (Å²) < 4.78 is 87.9. The normalized spacial score (nSPS) is 28.9. The van der Waals surface area contributed by atoms with Gasteiger partial charge in [0.1, 0.15) is 5.69 Å². The topological polar surface area (TPSA) is 140 Å². The van der Waals surface area contributed by atoms with E-state index in [1.54, 1.807) is 0 Å². The van der Waals surface area contributed by atoms with E-state index >= 15 is 8.78 Å². The molecule has 4 aliphatic rings. The highest BCUT2D eigenvalue weighted by Gasteiger charge is 2.76. The van der Waals surface area contributed by atoms with Crippen molar-refractivity contribution < 1.29 is 65.2 Å². The van der Waals surface area contributed by atoms with Crippen LogP contribution < -0.4 is 14.4 Å². The summed E-state index contributed by atoms with van der Waals surface area (Å²) >= 11 is 14.0. The first-order valence-electron chi connectivity index (χ1n) is 14.6. The van der Waals surface area contributed by atoms with E-state index in [2.05, 4.69) is 4.74 Å². The number of carbonyl (C=O) groups is 5. The lowest BCUT2D eigenvalue weighted by atomic mass is 9.57. The average molecular weight is 745 g/mol. The molecule has 2 heterocycles. The minimum absolute atomic E-state index is 0.0555. The van der Waals surface area contributed by atoms with Gasteiger partial charge in [-0.05, 0) is 36.5 Å². The molecule has 2 aromatic rings. The predicted octanol–water partition coefficient (Wildman–Crippen LogP) is 4.98. The van der Waals surface area contributed by atoms with E-state index in [0.29, 0.717) is 0 Å². The number of hydrogen-bond donors (Lipinski definition) is 1. The van der Waals surface area contributed by atoms with Crippen LogP contribution in [-0.4, -0.2) is 70.8 Å². The van der Waals surface area contributed by atoms with Crippen molar-refractivity contribution in [3.8, 4) is 17.2 Å². The molecular formula is C32H23Cl2F5N2O9. The molecule has 264 valence electrons. The number of hydrogen-bond acceptors (Lipinski definition) is 9. The smallest absolute Gasteiger partial charge is 0.423 e. The SMILES string of the molecule is COC(=O)N1C(=O)C2CC=C3C(CC4(Cl)C(=O)N(c5c(F)c(F)c(F)c(F)c5F)C(=O)C4(Cl)C3C=Cc3cc(OC)c(O)c(OC)c3)C2C1=O. The molecule has 2 aliphatic carbocycles. The van der Waals surface area contributed by atoms with Crippen molar-refractivity contribution in [1.82, 2.24) is 4.90 Å². The maximum absolute atomic E-state index is 15.1. The molecule has 2 aromatic carbocycles. The zero-order valence-corrected chi connectivity index (χ0v) is 27.4. The van der Waals surface area contributed by atoms with Gasteiger partial charge in [0.05, 0.1) is 33.2 Å². The third kappa shape index (κ3) is 4.49. The van der Waals surface area contributed by atoms with Crippen molar-refractivity contribution in [2.75, 3.05) is 26.2 Å². The van der Waals surface area contributed by atoms with Crippen molar-refractivity contribution in [3.63, 3.8) is 0 Å². The molecule has 6 rings (SSSR count). The van der Waals surface area contributed by atoms with Gasteiger partial charge in [0.2, 0.25) is 23.4 Å². The Hall–Kier alpha value is -4.70. The molecule has 3 fully saturated rings. The number of fused-ring (bicyclic) bond motifs is 4. The van der Waals surface area contributed by atoms with E-state index in [1.807, 2.05) is 0 Å². The molecule has 0 spiro atoms. The van der Waals surface area contributed by atoms with Crippen LogP contribution in [0.5, 0.6) is 17.2 Å². The lowest BCUT2D eigenvalue weighted by molar-refractivity contribution is -0.138. The number of carbonyl (C=O) groups excluding carboxylic acids is 5. The van der Waals surface area contributed by atoms with Crippen LogP contribution in [0.15, 0.2) is 29.9 Å². The number of amides is 5. The van der Waals surface area contributed by atoms with Crippen molar-refractivity contribution in [3.05, 3.63) is 64.5 Å². The van der Waals surface area contributed by atoms with Crippen LogP contribution in [0.3, 0.4) is 0 Å². The van der Waals surface area contributed by atoms with E-state index in [9.17, 15) is 42.3 Å². The minimum atomic E-state index is -2.74. The quantitative estimate of drug-likeness (QED) is 0.112.